The first kappa shape index (κ1) is 22.1. The van der Waals surface area contributed by atoms with Crippen LogP contribution < -0.4 is 10.1 Å². The molecule has 0 saturated heterocycles. The van der Waals surface area contributed by atoms with E-state index in [1.807, 2.05) is 0 Å². The van der Waals surface area contributed by atoms with E-state index < -0.39 is 17.8 Å². The van der Waals surface area contributed by atoms with Crippen LogP contribution in [0.15, 0.2) is 48.5 Å². The molecule has 0 spiro atoms. The second-order valence-electron chi connectivity index (χ2n) is 7.52. The van der Waals surface area contributed by atoms with Crippen molar-refractivity contribution in [2.24, 2.45) is 0 Å². The van der Waals surface area contributed by atoms with Gasteiger partial charge in [-0.25, -0.2) is 4.39 Å². The first-order valence-electron chi connectivity index (χ1n) is 10.2. The minimum atomic E-state index is -0.758. The average Bonchev–Trinajstić information content (AvgIpc) is 3.25. The summed E-state index contributed by atoms with van der Waals surface area (Å²) in [4.78, 5) is 27.1. The molecule has 5 nitrogen and oxygen atoms in total. The molecular weight excluding hydrogens is 407 g/mol. The number of nitrogens with zero attached hydrogens (tertiary/aromatic N) is 1. The summed E-state index contributed by atoms with van der Waals surface area (Å²) < 4.78 is 19.8. The van der Waals surface area contributed by atoms with E-state index in [9.17, 15) is 14.0 Å². The SMILES string of the molecule is C[C@H](C(=O)NC1CCCC1)N(Cc1ccccc1F)C(=O)COc1ccc(Cl)cc1. The van der Waals surface area contributed by atoms with E-state index in [1.54, 1.807) is 49.4 Å². The maximum atomic E-state index is 14.2. The molecule has 0 aliphatic heterocycles. The second kappa shape index (κ2) is 10.4. The Balaban J connectivity index is 1.71. The van der Waals surface area contributed by atoms with Crippen molar-refractivity contribution in [2.75, 3.05) is 6.61 Å². The molecule has 1 N–H and O–H groups in total. The Kier molecular flexibility index (Phi) is 7.69. The lowest BCUT2D eigenvalue weighted by Gasteiger charge is -2.29. The van der Waals surface area contributed by atoms with Crippen molar-refractivity contribution in [3.8, 4) is 5.75 Å². The van der Waals surface area contributed by atoms with Crippen LogP contribution in [0.25, 0.3) is 0 Å². The van der Waals surface area contributed by atoms with Gasteiger partial charge in [0.2, 0.25) is 5.91 Å². The number of hydrogen-bond acceptors (Lipinski definition) is 3. The lowest BCUT2D eigenvalue weighted by Crippen LogP contribution is -2.50. The van der Waals surface area contributed by atoms with Gasteiger partial charge in [0.05, 0.1) is 0 Å². The fourth-order valence-electron chi connectivity index (χ4n) is 3.54. The van der Waals surface area contributed by atoms with E-state index in [0.717, 1.165) is 25.7 Å². The van der Waals surface area contributed by atoms with Gasteiger partial charge in [0, 0.05) is 23.2 Å². The zero-order valence-corrected chi connectivity index (χ0v) is 17.7. The molecule has 1 atom stereocenters. The van der Waals surface area contributed by atoms with Gasteiger partial charge >= 0.3 is 0 Å². The number of carbonyl (C=O) groups is 2. The molecule has 1 saturated carbocycles. The Bertz CT molecular complexity index is 869. The van der Waals surface area contributed by atoms with Crippen molar-refractivity contribution in [1.82, 2.24) is 10.2 Å². The molecule has 2 amide bonds. The smallest absolute Gasteiger partial charge is 0.261 e. The Hall–Kier alpha value is -2.60. The summed E-state index contributed by atoms with van der Waals surface area (Å²) in [5, 5.41) is 3.57. The maximum absolute atomic E-state index is 14.2. The first-order chi connectivity index (χ1) is 14.4. The number of halogens is 2. The van der Waals surface area contributed by atoms with Crippen LogP contribution in [0.5, 0.6) is 5.75 Å². The van der Waals surface area contributed by atoms with Crippen LogP contribution in [0.3, 0.4) is 0 Å². The molecule has 0 aromatic heterocycles. The number of benzene rings is 2. The summed E-state index contributed by atoms with van der Waals surface area (Å²) in [7, 11) is 0. The molecule has 0 bridgehead atoms. The van der Waals surface area contributed by atoms with Crippen molar-refractivity contribution in [3.63, 3.8) is 0 Å². The Morgan fingerprint density at radius 3 is 2.50 bits per heavy atom. The lowest BCUT2D eigenvalue weighted by atomic mass is 10.1. The number of nitrogens with one attached hydrogen (secondary N) is 1. The molecule has 0 heterocycles. The summed E-state index contributed by atoms with van der Waals surface area (Å²) in [6.07, 6.45) is 4.07. The minimum absolute atomic E-state index is 0.0191. The molecule has 160 valence electrons. The van der Waals surface area contributed by atoms with Crippen LogP contribution in [-0.4, -0.2) is 35.4 Å². The van der Waals surface area contributed by atoms with Gasteiger partial charge in [-0.15, -0.1) is 0 Å². The molecule has 1 fully saturated rings. The molecule has 3 rings (SSSR count). The average molecular weight is 433 g/mol. The second-order valence-corrected chi connectivity index (χ2v) is 7.96. The van der Waals surface area contributed by atoms with Crippen LogP contribution in [0, 0.1) is 5.82 Å². The third-order valence-corrected chi connectivity index (χ3v) is 5.60. The Morgan fingerprint density at radius 1 is 1.17 bits per heavy atom. The van der Waals surface area contributed by atoms with E-state index in [2.05, 4.69) is 5.32 Å². The molecule has 0 unspecified atom stereocenters. The van der Waals surface area contributed by atoms with Gasteiger partial charge < -0.3 is 15.0 Å². The summed E-state index contributed by atoms with van der Waals surface area (Å²) >= 11 is 5.87. The normalized spacial score (nSPS) is 14.9. The van der Waals surface area contributed by atoms with Crippen molar-refractivity contribution >= 4 is 23.4 Å². The number of hydrogen-bond donors (Lipinski definition) is 1. The van der Waals surface area contributed by atoms with Gasteiger partial charge in [0.25, 0.3) is 5.91 Å². The van der Waals surface area contributed by atoms with Gasteiger partial charge in [-0.3, -0.25) is 9.59 Å². The molecule has 0 radical (unpaired) electrons. The minimum Gasteiger partial charge on any atom is -0.484 e. The van der Waals surface area contributed by atoms with Crippen molar-refractivity contribution in [2.45, 2.75) is 51.2 Å². The fraction of sp³-hybridized carbons (Fsp3) is 0.391. The van der Waals surface area contributed by atoms with Crippen LogP contribution in [0.1, 0.15) is 38.2 Å². The zero-order valence-electron chi connectivity index (χ0n) is 16.9. The van der Waals surface area contributed by atoms with Gasteiger partial charge in [-0.05, 0) is 50.1 Å². The van der Waals surface area contributed by atoms with E-state index in [4.69, 9.17) is 16.3 Å². The van der Waals surface area contributed by atoms with Gasteiger partial charge in [-0.2, -0.15) is 0 Å². The third kappa shape index (κ3) is 5.95. The maximum Gasteiger partial charge on any atom is 0.261 e. The molecule has 30 heavy (non-hydrogen) atoms. The highest BCUT2D eigenvalue weighted by molar-refractivity contribution is 6.30. The van der Waals surface area contributed by atoms with E-state index >= 15 is 0 Å². The highest BCUT2D eigenvalue weighted by atomic mass is 35.5. The summed E-state index contributed by atoms with van der Waals surface area (Å²) in [6, 6.07) is 12.3. The summed E-state index contributed by atoms with van der Waals surface area (Å²) in [5.74, 6) is -0.570. The fourth-order valence-corrected chi connectivity index (χ4v) is 3.67. The van der Waals surface area contributed by atoms with Gasteiger partial charge in [0.1, 0.15) is 17.6 Å². The molecule has 2 aromatic carbocycles. The predicted molar refractivity (Wildman–Crippen MR) is 114 cm³/mol. The van der Waals surface area contributed by atoms with E-state index in [1.165, 1.54) is 11.0 Å². The quantitative estimate of drug-likeness (QED) is 0.675. The number of amides is 2. The van der Waals surface area contributed by atoms with Gasteiger partial charge in [0.15, 0.2) is 6.61 Å². The Morgan fingerprint density at radius 2 is 1.83 bits per heavy atom. The van der Waals surface area contributed by atoms with Gasteiger partial charge in [-0.1, -0.05) is 42.6 Å². The highest BCUT2D eigenvalue weighted by Crippen LogP contribution is 2.19. The summed E-state index contributed by atoms with van der Waals surface area (Å²) in [6.45, 7) is 1.37. The van der Waals surface area contributed by atoms with Crippen LogP contribution >= 0.6 is 11.6 Å². The van der Waals surface area contributed by atoms with E-state index in [0.29, 0.717) is 16.3 Å². The summed E-state index contributed by atoms with van der Waals surface area (Å²) in [5.41, 5.74) is 0.345. The third-order valence-electron chi connectivity index (χ3n) is 5.34. The van der Waals surface area contributed by atoms with Crippen LogP contribution in [0.4, 0.5) is 4.39 Å². The largest absolute Gasteiger partial charge is 0.484 e. The number of carbonyl (C=O) groups excluding carboxylic acids is 2. The van der Waals surface area contributed by atoms with Crippen LogP contribution in [-0.2, 0) is 16.1 Å². The number of rotatable bonds is 8. The molecule has 1 aliphatic carbocycles. The van der Waals surface area contributed by atoms with Crippen molar-refractivity contribution in [1.29, 1.82) is 0 Å². The molecule has 1 aliphatic rings. The topological polar surface area (TPSA) is 58.6 Å². The predicted octanol–water partition coefficient (Wildman–Crippen LogP) is 4.33. The molecule has 2 aromatic rings. The molecular formula is C23H26ClFN2O3. The first-order valence-corrected chi connectivity index (χ1v) is 10.5. The van der Waals surface area contributed by atoms with E-state index in [-0.39, 0.29) is 25.1 Å². The van der Waals surface area contributed by atoms with Crippen molar-refractivity contribution < 1.29 is 18.7 Å². The lowest BCUT2D eigenvalue weighted by molar-refractivity contribution is -0.142. The standard InChI is InChI=1S/C23H26ClFN2O3/c1-16(23(29)26-19-7-3-4-8-19)27(14-17-6-2-5-9-21(17)25)22(28)15-30-20-12-10-18(24)11-13-20/h2,5-6,9-13,16,19H,3-4,7-8,14-15H2,1H3,(H,26,29)/t16-/m1/s1. The van der Waals surface area contributed by atoms with Crippen LogP contribution in [0.2, 0.25) is 5.02 Å². The number of ether oxygens (including phenoxy) is 1. The zero-order chi connectivity index (χ0) is 21.5. The monoisotopic (exact) mass is 432 g/mol. The highest BCUT2D eigenvalue weighted by Gasteiger charge is 2.29. The van der Waals surface area contributed by atoms with Crippen molar-refractivity contribution in [3.05, 3.63) is 64.9 Å². The Labute approximate surface area is 181 Å². The molecule has 7 heteroatoms.